The van der Waals surface area contributed by atoms with E-state index in [2.05, 4.69) is 11.2 Å². The van der Waals surface area contributed by atoms with Gasteiger partial charge in [-0.05, 0) is 12.1 Å². The molecule has 0 aliphatic heterocycles. The molecule has 0 aromatic heterocycles. The van der Waals surface area contributed by atoms with Gasteiger partial charge in [-0.3, -0.25) is 4.79 Å². The second-order valence-corrected chi connectivity index (χ2v) is 2.82. The van der Waals surface area contributed by atoms with E-state index in [0.29, 0.717) is 0 Å². The summed E-state index contributed by atoms with van der Waals surface area (Å²) < 4.78 is 30.7. The van der Waals surface area contributed by atoms with Gasteiger partial charge in [0.15, 0.2) is 24.0 Å². The van der Waals surface area contributed by atoms with Crippen LogP contribution in [0.2, 0.25) is 0 Å². The molecule has 0 saturated heterocycles. The average molecular weight is 225 g/mol. The van der Waals surface area contributed by atoms with Gasteiger partial charge in [-0.2, -0.15) is 0 Å². The molecule has 0 aliphatic rings. The maximum Gasteiger partial charge on any atom is 0.258 e. The second kappa shape index (κ2) is 5.71. The first kappa shape index (κ1) is 12.0. The van der Waals surface area contributed by atoms with Crippen LogP contribution in [0.15, 0.2) is 18.2 Å². The molecule has 16 heavy (non-hydrogen) atoms. The lowest BCUT2D eigenvalue weighted by molar-refractivity contribution is -0.122. The smallest absolute Gasteiger partial charge is 0.258 e. The van der Waals surface area contributed by atoms with Crippen molar-refractivity contribution in [3.05, 3.63) is 29.8 Å². The van der Waals surface area contributed by atoms with E-state index < -0.39 is 29.9 Å². The van der Waals surface area contributed by atoms with Crippen LogP contribution in [0.3, 0.4) is 0 Å². The molecule has 1 aromatic rings. The van der Waals surface area contributed by atoms with E-state index in [1.807, 2.05) is 0 Å². The van der Waals surface area contributed by atoms with Crippen LogP contribution in [0.4, 0.5) is 8.78 Å². The van der Waals surface area contributed by atoms with E-state index in [1.165, 1.54) is 6.07 Å². The van der Waals surface area contributed by atoms with Crippen LogP contribution in [0.5, 0.6) is 5.75 Å². The predicted molar refractivity (Wildman–Crippen MR) is 53.7 cm³/mol. The molecule has 0 unspecified atom stereocenters. The van der Waals surface area contributed by atoms with Crippen molar-refractivity contribution in [3.63, 3.8) is 0 Å². The normalized spacial score (nSPS) is 9.31. The highest BCUT2D eigenvalue weighted by Crippen LogP contribution is 2.20. The van der Waals surface area contributed by atoms with Crippen LogP contribution >= 0.6 is 0 Å². The molecule has 5 heteroatoms. The van der Waals surface area contributed by atoms with Crippen LogP contribution in [0.25, 0.3) is 0 Å². The largest absolute Gasteiger partial charge is 0.478 e. The summed E-state index contributed by atoms with van der Waals surface area (Å²) in [4.78, 5) is 11.0. The topological polar surface area (TPSA) is 38.3 Å². The molecule has 0 spiro atoms. The molecule has 0 heterocycles. The van der Waals surface area contributed by atoms with Gasteiger partial charge in [0, 0.05) is 0 Å². The SMILES string of the molecule is C#CCNC(=O)COc1c(F)cccc1F. The molecule has 1 aromatic carbocycles. The van der Waals surface area contributed by atoms with Crippen LogP contribution < -0.4 is 10.1 Å². The Morgan fingerprint density at radius 1 is 1.44 bits per heavy atom. The Morgan fingerprint density at radius 3 is 2.62 bits per heavy atom. The molecular formula is C11H9F2NO2. The number of amides is 1. The zero-order valence-corrected chi connectivity index (χ0v) is 8.30. The quantitative estimate of drug-likeness (QED) is 0.779. The van der Waals surface area contributed by atoms with Gasteiger partial charge in [0.1, 0.15) is 0 Å². The minimum atomic E-state index is -0.857. The van der Waals surface area contributed by atoms with Gasteiger partial charge in [0.2, 0.25) is 0 Å². The van der Waals surface area contributed by atoms with E-state index in [4.69, 9.17) is 11.2 Å². The Hall–Kier alpha value is -2.09. The summed E-state index contributed by atoms with van der Waals surface area (Å²) >= 11 is 0. The lowest BCUT2D eigenvalue weighted by Crippen LogP contribution is -2.29. The summed E-state index contributed by atoms with van der Waals surface area (Å²) in [6, 6.07) is 3.28. The van der Waals surface area contributed by atoms with Gasteiger partial charge in [-0.25, -0.2) is 8.78 Å². The minimum absolute atomic E-state index is 0.0436. The number of hydrogen-bond acceptors (Lipinski definition) is 2. The van der Waals surface area contributed by atoms with Crippen LogP contribution in [-0.4, -0.2) is 19.1 Å². The number of para-hydroxylation sites is 1. The summed E-state index contributed by atoms with van der Waals surface area (Å²) in [7, 11) is 0. The van der Waals surface area contributed by atoms with Gasteiger partial charge < -0.3 is 10.1 Å². The fourth-order valence-electron chi connectivity index (χ4n) is 0.959. The fourth-order valence-corrected chi connectivity index (χ4v) is 0.959. The van der Waals surface area contributed by atoms with E-state index in [9.17, 15) is 13.6 Å². The van der Waals surface area contributed by atoms with Crippen molar-refractivity contribution >= 4 is 5.91 Å². The van der Waals surface area contributed by atoms with Gasteiger partial charge in [-0.15, -0.1) is 6.42 Å². The number of nitrogens with one attached hydrogen (secondary N) is 1. The maximum absolute atomic E-state index is 13.0. The highest BCUT2D eigenvalue weighted by molar-refractivity contribution is 5.77. The summed E-state index contributed by atoms with van der Waals surface area (Å²) in [5, 5.41) is 2.30. The number of terminal acetylenes is 1. The lowest BCUT2D eigenvalue weighted by Gasteiger charge is -2.07. The first-order valence-corrected chi connectivity index (χ1v) is 4.42. The first-order chi connectivity index (χ1) is 7.65. The maximum atomic E-state index is 13.0. The van der Waals surface area contributed by atoms with Crippen molar-refractivity contribution < 1.29 is 18.3 Å². The van der Waals surface area contributed by atoms with Gasteiger partial charge in [0.05, 0.1) is 6.54 Å². The third-order valence-corrected chi connectivity index (χ3v) is 1.65. The molecule has 0 saturated carbocycles. The summed E-state index contributed by atoms with van der Waals surface area (Å²) in [6.07, 6.45) is 4.91. The van der Waals surface area contributed by atoms with Gasteiger partial charge >= 0.3 is 0 Å². The third kappa shape index (κ3) is 3.24. The van der Waals surface area contributed by atoms with E-state index in [1.54, 1.807) is 0 Å². The highest BCUT2D eigenvalue weighted by Gasteiger charge is 2.11. The zero-order chi connectivity index (χ0) is 12.0. The molecule has 0 bridgehead atoms. The van der Waals surface area contributed by atoms with E-state index >= 15 is 0 Å². The number of hydrogen-bond donors (Lipinski definition) is 1. The Morgan fingerprint density at radius 2 is 2.06 bits per heavy atom. The van der Waals surface area contributed by atoms with Gasteiger partial charge in [-0.1, -0.05) is 12.0 Å². The Bertz CT molecular complexity index is 406. The van der Waals surface area contributed by atoms with E-state index in [-0.39, 0.29) is 6.54 Å². The molecule has 1 N–H and O–H groups in total. The van der Waals surface area contributed by atoms with Crippen molar-refractivity contribution in [1.29, 1.82) is 0 Å². The van der Waals surface area contributed by atoms with Crippen molar-refractivity contribution in [2.45, 2.75) is 0 Å². The summed E-state index contributed by atoms with van der Waals surface area (Å²) in [6.45, 7) is -0.443. The van der Waals surface area contributed by atoms with Crippen LogP contribution in [-0.2, 0) is 4.79 Å². The molecule has 1 amide bonds. The lowest BCUT2D eigenvalue weighted by atomic mass is 10.3. The highest BCUT2D eigenvalue weighted by atomic mass is 19.1. The molecule has 0 aliphatic carbocycles. The predicted octanol–water partition coefficient (Wildman–Crippen LogP) is 1.09. The number of carbonyl (C=O) groups is 1. The molecule has 84 valence electrons. The van der Waals surface area contributed by atoms with E-state index in [0.717, 1.165) is 12.1 Å². The van der Waals surface area contributed by atoms with Crippen molar-refractivity contribution in [3.8, 4) is 18.1 Å². The second-order valence-electron chi connectivity index (χ2n) is 2.82. The monoisotopic (exact) mass is 225 g/mol. The Kier molecular flexibility index (Phi) is 4.28. The standard InChI is InChI=1S/C11H9F2NO2/c1-2-6-14-10(15)7-16-11-8(12)4-3-5-9(11)13/h1,3-5H,6-7H2,(H,14,15). The van der Waals surface area contributed by atoms with Gasteiger partial charge in [0.25, 0.3) is 5.91 Å². The molecule has 0 radical (unpaired) electrons. The minimum Gasteiger partial charge on any atom is -0.478 e. The summed E-state index contributed by atoms with van der Waals surface area (Å²) in [5.41, 5.74) is 0. The molecule has 1 rings (SSSR count). The van der Waals surface area contributed by atoms with Crippen molar-refractivity contribution in [1.82, 2.24) is 5.32 Å². The first-order valence-electron chi connectivity index (χ1n) is 4.42. The molecule has 0 fully saturated rings. The molecule has 3 nitrogen and oxygen atoms in total. The summed E-state index contributed by atoms with van der Waals surface area (Å²) in [5.74, 6) is -0.642. The van der Waals surface area contributed by atoms with Crippen molar-refractivity contribution in [2.75, 3.05) is 13.2 Å². The number of benzene rings is 1. The van der Waals surface area contributed by atoms with Crippen LogP contribution in [0, 0.1) is 24.0 Å². The number of ether oxygens (including phenoxy) is 1. The average Bonchev–Trinajstić information content (AvgIpc) is 2.25. The fraction of sp³-hybridized carbons (Fsp3) is 0.182. The number of carbonyl (C=O) groups excluding carboxylic acids is 1. The molecular weight excluding hydrogens is 216 g/mol. The van der Waals surface area contributed by atoms with Crippen LogP contribution in [0.1, 0.15) is 0 Å². The Balaban J connectivity index is 2.55. The Labute approximate surface area is 91.4 Å². The molecule has 0 atom stereocenters. The van der Waals surface area contributed by atoms with Crippen molar-refractivity contribution in [2.24, 2.45) is 0 Å². The number of rotatable bonds is 4. The third-order valence-electron chi connectivity index (χ3n) is 1.65. The zero-order valence-electron chi connectivity index (χ0n) is 8.30. The number of halogens is 2.